The molecule has 2 atom stereocenters. The summed E-state index contributed by atoms with van der Waals surface area (Å²) in [6.07, 6.45) is 5.92. The van der Waals surface area contributed by atoms with Crippen LogP contribution in [0, 0.1) is 6.92 Å². The number of benzene rings is 1. The van der Waals surface area contributed by atoms with Gasteiger partial charge in [-0.1, -0.05) is 29.8 Å². The summed E-state index contributed by atoms with van der Waals surface area (Å²) in [6, 6.07) is 13.3. The highest BCUT2D eigenvalue weighted by Crippen LogP contribution is 2.39. The molecule has 2 aromatic rings. The van der Waals surface area contributed by atoms with Crippen molar-refractivity contribution in [2.75, 3.05) is 26.7 Å². The number of methoxy groups -OCH3 is 1. The molecule has 0 bridgehead atoms. The summed E-state index contributed by atoms with van der Waals surface area (Å²) >= 11 is 0. The fraction of sp³-hybridized carbons (Fsp3) is 0.478. The largest absolute Gasteiger partial charge is 0.378 e. The van der Waals surface area contributed by atoms with Crippen LogP contribution in [0.15, 0.2) is 48.8 Å². The molecule has 6 heteroatoms. The zero-order chi connectivity index (χ0) is 20.2. The lowest BCUT2D eigenvalue weighted by atomic mass is 9.87. The van der Waals surface area contributed by atoms with Gasteiger partial charge in [0.1, 0.15) is 0 Å². The van der Waals surface area contributed by atoms with Crippen molar-refractivity contribution in [1.29, 1.82) is 0 Å². The molecule has 1 aromatic carbocycles. The zero-order valence-corrected chi connectivity index (χ0v) is 17.3. The summed E-state index contributed by atoms with van der Waals surface area (Å²) in [5, 5.41) is 3.06. The average molecular weight is 395 g/mol. The standard InChI is InChI=1S/C23H30N4O2/c1-17-3-5-18(6-4-17)15-25-23(28)26-13-9-20(10-14-26)27-16-21(29-2)22(27)19-7-11-24-12-8-19/h3-8,11-12,20-22H,9-10,13-16H2,1-2H3,(H,25,28)/t21-,22-/m0/s1. The van der Waals surface area contributed by atoms with Crippen molar-refractivity contribution in [2.45, 2.75) is 44.5 Å². The third-order valence-electron chi connectivity index (χ3n) is 6.24. The van der Waals surface area contributed by atoms with Gasteiger partial charge >= 0.3 is 6.03 Å². The van der Waals surface area contributed by atoms with Crippen LogP contribution in [0.5, 0.6) is 0 Å². The number of carbonyl (C=O) groups excluding carboxylic acids is 1. The average Bonchev–Trinajstić information content (AvgIpc) is 2.74. The first-order valence-electron chi connectivity index (χ1n) is 10.4. The summed E-state index contributed by atoms with van der Waals surface area (Å²) in [6.45, 7) is 5.18. The number of urea groups is 1. The van der Waals surface area contributed by atoms with Gasteiger partial charge in [0.05, 0.1) is 12.1 Å². The predicted molar refractivity (Wildman–Crippen MR) is 112 cm³/mol. The fourth-order valence-corrected chi connectivity index (χ4v) is 4.44. The van der Waals surface area contributed by atoms with Crippen LogP contribution in [0.2, 0.25) is 0 Å². The monoisotopic (exact) mass is 394 g/mol. The number of hydrogen-bond acceptors (Lipinski definition) is 4. The molecule has 0 saturated carbocycles. The molecule has 0 unspecified atom stereocenters. The smallest absolute Gasteiger partial charge is 0.317 e. The van der Waals surface area contributed by atoms with Crippen molar-refractivity contribution >= 4 is 6.03 Å². The molecule has 29 heavy (non-hydrogen) atoms. The first-order valence-corrected chi connectivity index (χ1v) is 10.4. The van der Waals surface area contributed by atoms with Crippen molar-refractivity contribution < 1.29 is 9.53 Å². The molecular weight excluding hydrogens is 364 g/mol. The van der Waals surface area contributed by atoms with E-state index in [1.165, 1.54) is 11.1 Å². The topological polar surface area (TPSA) is 57.7 Å². The summed E-state index contributed by atoms with van der Waals surface area (Å²) < 4.78 is 5.68. The number of nitrogens with zero attached hydrogens (tertiary/aromatic N) is 3. The Balaban J connectivity index is 1.28. The second-order valence-corrected chi connectivity index (χ2v) is 8.06. The van der Waals surface area contributed by atoms with Gasteiger partial charge in [0.15, 0.2) is 0 Å². The number of piperidine rings is 1. The molecule has 0 aliphatic carbocycles. The van der Waals surface area contributed by atoms with Gasteiger partial charge < -0.3 is 15.0 Å². The third-order valence-corrected chi connectivity index (χ3v) is 6.24. The fourth-order valence-electron chi connectivity index (χ4n) is 4.44. The molecule has 0 radical (unpaired) electrons. The molecule has 3 heterocycles. The molecule has 1 aromatic heterocycles. The van der Waals surface area contributed by atoms with E-state index in [-0.39, 0.29) is 18.2 Å². The van der Waals surface area contributed by atoms with E-state index < -0.39 is 0 Å². The Labute approximate surface area is 172 Å². The number of aryl methyl sites for hydroxylation is 1. The van der Waals surface area contributed by atoms with E-state index in [0.717, 1.165) is 38.0 Å². The minimum atomic E-state index is 0.0353. The van der Waals surface area contributed by atoms with Crippen LogP contribution in [-0.4, -0.2) is 59.7 Å². The molecule has 2 aliphatic heterocycles. The molecule has 2 fully saturated rings. The van der Waals surface area contributed by atoms with Gasteiger partial charge in [-0.25, -0.2) is 4.79 Å². The Morgan fingerprint density at radius 1 is 1.14 bits per heavy atom. The van der Waals surface area contributed by atoms with Crippen molar-refractivity contribution in [2.24, 2.45) is 0 Å². The van der Waals surface area contributed by atoms with Gasteiger partial charge in [0.25, 0.3) is 0 Å². The highest BCUT2D eigenvalue weighted by molar-refractivity contribution is 5.74. The van der Waals surface area contributed by atoms with Gasteiger partial charge in [0.2, 0.25) is 0 Å². The molecule has 2 amide bonds. The minimum Gasteiger partial charge on any atom is -0.378 e. The quantitative estimate of drug-likeness (QED) is 0.847. The van der Waals surface area contributed by atoms with Crippen LogP contribution in [-0.2, 0) is 11.3 Å². The number of nitrogens with one attached hydrogen (secondary N) is 1. The number of rotatable bonds is 5. The van der Waals surface area contributed by atoms with Crippen molar-refractivity contribution in [1.82, 2.24) is 20.1 Å². The Hall–Kier alpha value is -2.44. The van der Waals surface area contributed by atoms with Gasteiger partial charge in [-0.15, -0.1) is 0 Å². The van der Waals surface area contributed by atoms with Crippen LogP contribution in [0.4, 0.5) is 4.79 Å². The van der Waals surface area contributed by atoms with E-state index in [4.69, 9.17) is 4.74 Å². The number of ether oxygens (including phenoxy) is 1. The predicted octanol–water partition coefficient (Wildman–Crippen LogP) is 3.14. The maximum atomic E-state index is 12.6. The Morgan fingerprint density at radius 2 is 1.83 bits per heavy atom. The Kier molecular flexibility index (Phi) is 6.11. The molecule has 154 valence electrons. The summed E-state index contributed by atoms with van der Waals surface area (Å²) in [4.78, 5) is 21.2. The zero-order valence-electron chi connectivity index (χ0n) is 17.3. The Bertz CT molecular complexity index is 803. The van der Waals surface area contributed by atoms with Crippen LogP contribution in [0.3, 0.4) is 0 Å². The van der Waals surface area contributed by atoms with Crippen molar-refractivity contribution in [3.8, 4) is 0 Å². The first kappa shape index (κ1) is 19.9. The second-order valence-electron chi connectivity index (χ2n) is 8.06. The molecule has 4 rings (SSSR count). The van der Waals surface area contributed by atoms with Gasteiger partial charge in [-0.05, 0) is 43.0 Å². The molecule has 2 saturated heterocycles. The summed E-state index contributed by atoms with van der Waals surface area (Å²) in [5.74, 6) is 0. The highest BCUT2D eigenvalue weighted by Gasteiger charge is 2.44. The number of likely N-dealkylation sites (tertiary alicyclic amines) is 2. The molecule has 2 aliphatic rings. The first-order chi connectivity index (χ1) is 14.2. The third kappa shape index (κ3) is 4.43. The maximum Gasteiger partial charge on any atom is 0.317 e. The van der Waals surface area contributed by atoms with E-state index in [9.17, 15) is 4.79 Å². The Morgan fingerprint density at radius 3 is 2.48 bits per heavy atom. The van der Waals surface area contributed by atoms with E-state index >= 15 is 0 Å². The number of aromatic nitrogens is 1. The van der Waals surface area contributed by atoms with Gasteiger partial charge in [-0.3, -0.25) is 9.88 Å². The minimum absolute atomic E-state index is 0.0353. The SMILES string of the molecule is CO[C@H]1CN(C2CCN(C(=O)NCc3ccc(C)cc3)CC2)[C@H]1c1ccncc1. The van der Waals surface area contributed by atoms with Gasteiger partial charge in [0, 0.05) is 51.7 Å². The van der Waals surface area contributed by atoms with Crippen molar-refractivity contribution in [3.05, 3.63) is 65.5 Å². The van der Waals surface area contributed by atoms with E-state index in [1.54, 1.807) is 7.11 Å². The van der Waals surface area contributed by atoms with E-state index in [1.807, 2.05) is 17.3 Å². The molecule has 6 nitrogen and oxygen atoms in total. The van der Waals surface area contributed by atoms with Crippen LogP contribution in [0.1, 0.15) is 35.6 Å². The lowest BCUT2D eigenvalue weighted by molar-refractivity contribution is -0.115. The molecule has 0 spiro atoms. The molecule has 1 N–H and O–H groups in total. The highest BCUT2D eigenvalue weighted by atomic mass is 16.5. The summed E-state index contributed by atoms with van der Waals surface area (Å²) in [7, 11) is 1.79. The van der Waals surface area contributed by atoms with Crippen molar-refractivity contribution in [3.63, 3.8) is 0 Å². The number of hydrogen-bond donors (Lipinski definition) is 1. The van der Waals surface area contributed by atoms with Crippen LogP contribution < -0.4 is 5.32 Å². The molecular formula is C23H30N4O2. The van der Waals surface area contributed by atoms with E-state index in [2.05, 4.69) is 58.5 Å². The number of amides is 2. The lowest BCUT2D eigenvalue weighted by Crippen LogP contribution is -2.60. The summed E-state index contributed by atoms with van der Waals surface area (Å²) in [5.41, 5.74) is 3.62. The number of pyridine rings is 1. The second kappa shape index (κ2) is 8.93. The normalized spacial score (nSPS) is 22.9. The van der Waals surface area contributed by atoms with Gasteiger partial charge in [-0.2, -0.15) is 0 Å². The number of carbonyl (C=O) groups is 1. The maximum absolute atomic E-state index is 12.6. The van der Waals surface area contributed by atoms with Crippen LogP contribution in [0.25, 0.3) is 0 Å². The van der Waals surface area contributed by atoms with Crippen LogP contribution >= 0.6 is 0 Å². The van der Waals surface area contributed by atoms with E-state index in [0.29, 0.717) is 12.6 Å². The lowest BCUT2D eigenvalue weighted by Gasteiger charge is -2.53.